The third kappa shape index (κ3) is 3.18. The van der Waals surface area contributed by atoms with Gasteiger partial charge in [0.2, 0.25) is 0 Å². The van der Waals surface area contributed by atoms with Crippen molar-refractivity contribution in [1.82, 2.24) is 14.8 Å². The fraction of sp³-hybridized carbons (Fsp3) is 0.625. The monoisotopic (exact) mass is 288 g/mol. The highest BCUT2D eigenvalue weighted by Crippen LogP contribution is 2.23. The first-order chi connectivity index (χ1) is 10.1. The Hall–Kier alpha value is -1.62. The molecule has 114 valence electrons. The van der Waals surface area contributed by atoms with E-state index in [2.05, 4.69) is 28.4 Å². The van der Waals surface area contributed by atoms with Gasteiger partial charge in [0.15, 0.2) is 5.65 Å². The molecule has 0 amide bonds. The largest absolute Gasteiger partial charge is 0.381 e. The highest BCUT2D eigenvalue weighted by atomic mass is 16.5. The number of fused-ring (bicyclic) bond motifs is 1. The lowest BCUT2D eigenvalue weighted by atomic mass is 9.93. The second kappa shape index (κ2) is 6.02. The maximum atomic E-state index is 5.42. The molecule has 1 atom stereocenters. The van der Waals surface area contributed by atoms with Gasteiger partial charge in [-0.1, -0.05) is 0 Å². The first-order valence-corrected chi connectivity index (χ1v) is 7.77. The van der Waals surface area contributed by atoms with Gasteiger partial charge in [0.25, 0.3) is 0 Å². The van der Waals surface area contributed by atoms with Gasteiger partial charge in [0.05, 0.1) is 17.6 Å². The van der Waals surface area contributed by atoms with Crippen molar-refractivity contribution < 1.29 is 4.74 Å². The van der Waals surface area contributed by atoms with Gasteiger partial charge >= 0.3 is 0 Å². The normalized spacial score (nSPS) is 18.0. The number of pyridine rings is 1. The molecule has 1 aliphatic rings. The van der Waals surface area contributed by atoms with Gasteiger partial charge in [-0.05, 0) is 45.1 Å². The SMILES string of the molecule is Cc1nn(C)c2ncc(N[C@H](C)CC3CCOCC3)cc12. The van der Waals surface area contributed by atoms with E-state index in [4.69, 9.17) is 4.74 Å². The highest BCUT2D eigenvalue weighted by molar-refractivity contribution is 5.81. The fourth-order valence-electron chi connectivity index (χ4n) is 3.21. The Labute approximate surface area is 125 Å². The summed E-state index contributed by atoms with van der Waals surface area (Å²) in [7, 11) is 1.93. The van der Waals surface area contributed by atoms with Crippen molar-refractivity contribution in [2.45, 2.75) is 39.2 Å². The second-order valence-corrected chi connectivity index (χ2v) is 6.14. The molecule has 5 heteroatoms. The third-order valence-corrected chi connectivity index (χ3v) is 4.30. The maximum Gasteiger partial charge on any atom is 0.157 e. The minimum absolute atomic E-state index is 0.448. The molecule has 0 saturated carbocycles. The van der Waals surface area contributed by atoms with Crippen LogP contribution in [-0.4, -0.2) is 34.0 Å². The molecular formula is C16H24N4O. The van der Waals surface area contributed by atoms with Gasteiger partial charge in [0, 0.05) is 31.7 Å². The number of hydrogen-bond donors (Lipinski definition) is 1. The van der Waals surface area contributed by atoms with Gasteiger partial charge in [0.1, 0.15) is 0 Å². The number of hydrogen-bond acceptors (Lipinski definition) is 4. The summed E-state index contributed by atoms with van der Waals surface area (Å²) in [5.41, 5.74) is 3.05. The second-order valence-electron chi connectivity index (χ2n) is 6.14. The van der Waals surface area contributed by atoms with Crippen molar-refractivity contribution >= 4 is 16.7 Å². The number of aromatic nitrogens is 3. The molecule has 5 nitrogen and oxygen atoms in total. The summed E-state index contributed by atoms with van der Waals surface area (Å²) in [5.74, 6) is 0.776. The zero-order valence-corrected chi connectivity index (χ0v) is 13.1. The number of nitrogens with one attached hydrogen (secondary N) is 1. The Morgan fingerprint density at radius 1 is 1.43 bits per heavy atom. The summed E-state index contributed by atoms with van der Waals surface area (Å²) in [6.45, 7) is 6.11. The standard InChI is InChI=1S/C16H24N4O/c1-11(8-13-4-6-21-7-5-13)18-14-9-15-12(2)19-20(3)16(15)17-10-14/h9-11,13,18H,4-8H2,1-3H3/t11-/m1/s1. The molecule has 3 rings (SSSR count). The zero-order valence-electron chi connectivity index (χ0n) is 13.1. The first-order valence-electron chi connectivity index (χ1n) is 7.77. The van der Waals surface area contributed by atoms with Gasteiger partial charge in [-0.25, -0.2) is 4.98 Å². The van der Waals surface area contributed by atoms with Crippen molar-refractivity contribution in [3.8, 4) is 0 Å². The topological polar surface area (TPSA) is 52.0 Å². The molecule has 0 aliphatic carbocycles. The van der Waals surface area contributed by atoms with Crippen LogP contribution in [-0.2, 0) is 11.8 Å². The van der Waals surface area contributed by atoms with Gasteiger partial charge in [-0.15, -0.1) is 0 Å². The minimum atomic E-state index is 0.448. The van der Waals surface area contributed by atoms with Gasteiger partial charge < -0.3 is 10.1 Å². The molecule has 2 aromatic rings. The molecule has 0 spiro atoms. The van der Waals surface area contributed by atoms with E-state index in [1.165, 1.54) is 19.3 Å². The van der Waals surface area contributed by atoms with Crippen LogP contribution < -0.4 is 5.32 Å². The summed E-state index contributed by atoms with van der Waals surface area (Å²) in [5, 5.41) is 9.12. The van der Waals surface area contributed by atoms with Crippen molar-refractivity contribution in [2.75, 3.05) is 18.5 Å². The summed E-state index contributed by atoms with van der Waals surface area (Å²) in [4.78, 5) is 4.52. The smallest absolute Gasteiger partial charge is 0.157 e. The van der Waals surface area contributed by atoms with Crippen molar-refractivity contribution in [1.29, 1.82) is 0 Å². The van der Waals surface area contributed by atoms with Crippen LogP contribution in [0, 0.1) is 12.8 Å². The van der Waals surface area contributed by atoms with Crippen LogP contribution >= 0.6 is 0 Å². The van der Waals surface area contributed by atoms with E-state index in [1.807, 2.05) is 24.9 Å². The molecular weight excluding hydrogens is 264 g/mol. The van der Waals surface area contributed by atoms with E-state index in [0.717, 1.165) is 41.5 Å². The van der Waals surface area contributed by atoms with Crippen LogP contribution in [0.25, 0.3) is 11.0 Å². The molecule has 0 bridgehead atoms. The van der Waals surface area contributed by atoms with Crippen LogP contribution in [0.4, 0.5) is 5.69 Å². The summed E-state index contributed by atoms with van der Waals surface area (Å²) >= 11 is 0. The Balaban J connectivity index is 1.67. The molecule has 0 unspecified atom stereocenters. The van der Waals surface area contributed by atoms with E-state index in [-0.39, 0.29) is 0 Å². The van der Waals surface area contributed by atoms with Crippen LogP contribution in [0.3, 0.4) is 0 Å². The van der Waals surface area contributed by atoms with Crippen LogP contribution in [0.1, 0.15) is 31.9 Å². The maximum absolute atomic E-state index is 5.42. The minimum Gasteiger partial charge on any atom is -0.381 e. The molecule has 2 aromatic heterocycles. The lowest BCUT2D eigenvalue weighted by Gasteiger charge is -2.25. The first kappa shape index (κ1) is 14.3. The predicted molar refractivity (Wildman–Crippen MR) is 84.5 cm³/mol. The molecule has 1 fully saturated rings. The summed E-state index contributed by atoms with van der Waals surface area (Å²) < 4.78 is 7.26. The van der Waals surface area contributed by atoms with Crippen molar-refractivity contribution in [2.24, 2.45) is 13.0 Å². The van der Waals surface area contributed by atoms with Gasteiger partial charge in [-0.3, -0.25) is 4.68 Å². The van der Waals surface area contributed by atoms with E-state index in [0.29, 0.717) is 6.04 Å². The van der Waals surface area contributed by atoms with E-state index in [1.54, 1.807) is 0 Å². The quantitative estimate of drug-likeness (QED) is 0.940. The molecule has 0 aromatic carbocycles. The molecule has 21 heavy (non-hydrogen) atoms. The van der Waals surface area contributed by atoms with Crippen molar-refractivity contribution in [3.63, 3.8) is 0 Å². The number of aryl methyl sites for hydroxylation is 2. The average Bonchev–Trinajstić information content (AvgIpc) is 2.74. The van der Waals surface area contributed by atoms with E-state index >= 15 is 0 Å². The number of anilines is 1. The summed E-state index contributed by atoms with van der Waals surface area (Å²) in [6, 6.07) is 2.61. The Morgan fingerprint density at radius 2 is 2.19 bits per heavy atom. The molecule has 1 N–H and O–H groups in total. The van der Waals surface area contributed by atoms with Crippen LogP contribution in [0.5, 0.6) is 0 Å². The Bertz CT molecular complexity index is 616. The summed E-state index contributed by atoms with van der Waals surface area (Å²) in [6.07, 6.45) is 5.47. The Morgan fingerprint density at radius 3 is 2.95 bits per heavy atom. The van der Waals surface area contributed by atoms with E-state index in [9.17, 15) is 0 Å². The van der Waals surface area contributed by atoms with E-state index < -0.39 is 0 Å². The number of ether oxygens (including phenoxy) is 1. The number of nitrogens with zero attached hydrogens (tertiary/aromatic N) is 3. The fourth-order valence-corrected chi connectivity index (χ4v) is 3.21. The lowest BCUT2D eigenvalue weighted by molar-refractivity contribution is 0.0629. The molecule has 1 saturated heterocycles. The van der Waals surface area contributed by atoms with Crippen LogP contribution in [0.15, 0.2) is 12.3 Å². The number of rotatable bonds is 4. The zero-order chi connectivity index (χ0) is 14.8. The highest BCUT2D eigenvalue weighted by Gasteiger charge is 2.17. The van der Waals surface area contributed by atoms with Gasteiger partial charge in [-0.2, -0.15) is 5.10 Å². The van der Waals surface area contributed by atoms with Crippen molar-refractivity contribution in [3.05, 3.63) is 18.0 Å². The third-order valence-electron chi connectivity index (χ3n) is 4.30. The molecule has 3 heterocycles. The Kier molecular flexibility index (Phi) is 4.10. The molecule has 1 aliphatic heterocycles. The lowest BCUT2D eigenvalue weighted by Crippen LogP contribution is -2.24. The van der Waals surface area contributed by atoms with Crippen LogP contribution in [0.2, 0.25) is 0 Å². The predicted octanol–water partition coefficient (Wildman–Crippen LogP) is 2.89. The average molecular weight is 288 g/mol. The molecule has 0 radical (unpaired) electrons.